The van der Waals surface area contributed by atoms with Crippen LogP contribution in [0.2, 0.25) is 0 Å². The number of rotatable bonds is 1. The molecule has 1 N–H and O–H groups in total. The summed E-state index contributed by atoms with van der Waals surface area (Å²) in [6.45, 7) is 1.92. The minimum Gasteiger partial charge on any atom is -0.455 e. The number of benzene rings is 2. The van der Waals surface area contributed by atoms with Crippen molar-refractivity contribution in [1.82, 2.24) is 5.32 Å². The van der Waals surface area contributed by atoms with Gasteiger partial charge in [-0.3, -0.25) is 4.79 Å². The summed E-state index contributed by atoms with van der Waals surface area (Å²) >= 11 is 0. The van der Waals surface area contributed by atoms with Crippen LogP contribution in [0.15, 0.2) is 30.3 Å². The summed E-state index contributed by atoms with van der Waals surface area (Å²) in [4.78, 5) is 13.5. The number of halogens is 4. The van der Waals surface area contributed by atoms with Crippen molar-refractivity contribution in [2.24, 2.45) is 0 Å². The molecular formula is C22H16F4N4O2. The van der Waals surface area contributed by atoms with Gasteiger partial charge in [-0.2, -0.15) is 23.7 Å². The van der Waals surface area contributed by atoms with Crippen LogP contribution in [0.25, 0.3) is 0 Å². The zero-order valence-corrected chi connectivity index (χ0v) is 16.8. The molecule has 2 aromatic carbocycles. The Hall–Kier alpha value is -3.79. The van der Waals surface area contributed by atoms with E-state index in [9.17, 15) is 32.9 Å². The maximum absolute atomic E-state index is 14.6. The van der Waals surface area contributed by atoms with Gasteiger partial charge in [0.05, 0.1) is 17.1 Å². The van der Waals surface area contributed by atoms with Crippen LogP contribution in [-0.4, -0.2) is 24.7 Å². The van der Waals surface area contributed by atoms with Crippen molar-refractivity contribution in [3.63, 3.8) is 0 Å². The molecule has 164 valence electrons. The molecule has 2 atom stereocenters. The molecule has 0 saturated carbocycles. The van der Waals surface area contributed by atoms with Crippen molar-refractivity contribution in [2.45, 2.75) is 37.5 Å². The highest BCUT2D eigenvalue weighted by Gasteiger charge is 2.51. The van der Waals surface area contributed by atoms with Crippen LogP contribution in [0.4, 0.5) is 23.2 Å². The first-order valence-electron chi connectivity index (χ1n) is 9.72. The first-order valence-corrected chi connectivity index (χ1v) is 9.72. The second kappa shape index (κ2) is 7.41. The van der Waals surface area contributed by atoms with E-state index in [-0.39, 0.29) is 35.7 Å². The van der Waals surface area contributed by atoms with Crippen LogP contribution in [0.1, 0.15) is 36.5 Å². The summed E-state index contributed by atoms with van der Waals surface area (Å²) in [5, 5.41) is 21.3. The lowest BCUT2D eigenvalue weighted by atomic mass is 9.76. The lowest BCUT2D eigenvalue weighted by molar-refractivity contribution is -0.175. The van der Waals surface area contributed by atoms with Gasteiger partial charge in [-0.1, -0.05) is 18.2 Å². The number of carbonyl (C=O) groups excluding carboxylic acids is 1. The van der Waals surface area contributed by atoms with Gasteiger partial charge in [0.25, 0.3) is 0 Å². The third-order valence-electron chi connectivity index (χ3n) is 6.04. The molecule has 1 saturated heterocycles. The fourth-order valence-electron chi connectivity index (χ4n) is 4.56. The molecule has 2 aliphatic rings. The highest BCUT2D eigenvalue weighted by Crippen LogP contribution is 2.52. The predicted molar refractivity (Wildman–Crippen MR) is 104 cm³/mol. The molecule has 32 heavy (non-hydrogen) atoms. The van der Waals surface area contributed by atoms with E-state index in [1.807, 2.05) is 6.07 Å². The van der Waals surface area contributed by atoms with E-state index in [1.165, 1.54) is 0 Å². The molecule has 2 aromatic rings. The number of hydrogen-bond donors (Lipinski definition) is 1. The van der Waals surface area contributed by atoms with Crippen molar-refractivity contribution >= 4 is 11.6 Å². The van der Waals surface area contributed by atoms with Crippen molar-refractivity contribution in [2.75, 3.05) is 11.4 Å². The molecule has 4 rings (SSSR count). The number of hydrogen-bond acceptors (Lipinski definition) is 5. The maximum atomic E-state index is 14.6. The molecule has 6 nitrogen and oxygen atoms in total. The molecule has 0 aliphatic carbocycles. The molecule has 2 heterocycles. The minimum atomic E-state index is -5.08. The summed E-state index contributed by atoms with van der Waals surface area (Å²) in [5.41, 5.74) is -1.47. The van der Waals surface area contributed by atoms with Crippen LogP contribution in [-0.2, 0) is 10.3 Å². The van der Waals surface area contributed by atoms with E-state index < -0.39 is 35.0 Å². The van der Waals surface area contributed by atoms with Crippen LogP contribution < -0.4 is 15.0 Å². The second-order valence-electron chi connectivity index (χ2n) is 7.74. The van der Waals surface area contributed by atoms with Crippen LogP contribution in [0.3, 0.4) is 0 Å². The number of para-hydroxylation sites is 1. The first kappa shape index (κ1) is 21.4. The predicted octanol–water partition coefficient (Wildman–Crippen LogP) is 4.24. The zero-order chi connectivity index (χ0) is 23.3. The van der Waals surface area contributed by atoms with E-state index >= 15 is 0 Å². The maximum Gasteiger partial charge on any atom is 0.471 e. The number of nitrogens with zero attached hydrogens (tertiary/aromatic N) is 3. The Balaban J connectivity index is 2.00. The Morgan fingerprint density at radius 2 is 1.91 bits per heavy atom. The number of fused-ring (bicyclic) bond motifs is 5. The fraction of sp³-hybridized carbons (Fsp3) is 0.318. The monoisotopic (exact) mass is 444 g/mol. The number of nitrogens with one attached hydrogen (secondary N) is 1. The third-order valence-corrected chi connectivity index (χ3v) is 6.04. The SMILES string of the molecule is C[C@]12c3ccccc3Oc3cc(F)c(C#N)c(C#N)c3N1CCCC2NC(=O)C(F)(F)F. The Morgan fingerprint density at radius 1 is 1.22 bits per heavy atom. The molecule has 0 aromatic heterocycles. The Labute approximate surface area is 180 Å². The van der Waals surface area contributed by atoms with Crippen LogP contribution in [0, 0.1) is 28.5 Å². The number of ether oxygens (including phenoxy) is 1. The van der Waals surface area contributed by atoms with E-state index in [2.05, 4.69) is 5.32 Å². The van der Waals surface area contributed by atoms with Crippen LogP contribution >= 0.6 is 0 Å². The molecule has 10 heteroatoms. The largest absolute Gasteiger partial charge is 0.471 e. The third kappa shape index (κ3) is 3.11. The molecule has 0 spiro atoms. The van der Waals surface area contributed by atoms with E-state index in [0.717, 1.165) is 6.07 Å². The number of anilines is 1. The van der Waals surface area contributed by atoms with E-state index in [4.69, 9.17) is 4.74 Å². The highest BCUT2D eigenvalue weighted by molar-refractivity contribution is 5.83. The van der Waals surface area contributed by atoms with Gasteiger partial charge in [0.2, 0.25) is 0 Å². The average molecular weight is 444 g/mol. The topological polar surface area (TPSA) is 89.2 Å². The Kier molecular flexibility index (Phi) is 4.97. The van der Waals surface area contributed by atoms with Gasteiger partial charge in [0.1, 0.15) is 35.0 Å². The minimum absolute atomic E-state index is 0.0305. The normalized spacial score (nSPS) is 21.6. The molecule has 0 bridgehead atoms. The standard InChI is InChI=1S/C22H16F4N4O2/c1-21-14-5-2-3-6-16(14)32-17-9-15(23)12(10-27)13(11-28)19(17)30(21)8-4-7-18(21)29-20(31)22(24,25)26/h2-3,5-6,9,18H,4,7-8H2,1H3,(H,29,31)/t18?,21-/m1/s1. The van der Waals surface area contributed by atoms with E-state index in [1.54, 1.807) is 42.2 Å². The number of amides is 1. The quantitative estimate of drug-likeness (QED) is 0.665. The fourth-order valence-corrected chi connectivity index (χ4v) is 4.56. The smallest absolute Gasteiger partial charge is 0.455 e. The molecule has 2 aliphatic heterocycles. The molecule has 1 amide bonds. The summed E-state index contributed by atoms with van der Waals surface area (Å²) < 4.78 is 59.7. The highest BCUT2D eigenvalue weighted by atomic mass is 19.4. The van der Waals surface area contributed by atoms with Crippen molar-refractivity contribution in [3.8, 4) is 23.6 Å². The van der Waals surface area contributed by atoms with Crippen molar-refractivity contribution in [1.29, 1.82) is 10.5 Å². The summed E-state index contributed by atoms with van der Waals surface area (Å²) in [6.07, 6.45) is -4.47. The number of carbonyl (C=O) groups is 1. The lowest BCUT2D eigenvalue weighted by Gasteiger charge is -2.51. The Bertz CT molecular complexity index is 1200. The van der Waals surface area contributed by atoms with E-state index in [0.29, 0.717) is 12.0 Å². The summed E-state index contributed by atoms with van der Waals surface area (Å²) in [5.74, 6) is -2.80. The van der Waals surface area contributed by atoms with Crippen molar-refractivity contribution in [3.05, 3.63) is 52.8 Å². The lowest BCUT2D eigenvalue weighted by Crippen LogP contribution is -2.63. The zero-order valence-electron chi connectivity index (χ0n) is 16.8. The van der Waals surface area contributed by atoms with Gasteiger partial charge >= 0.3 is 12.1 Å². The summed E-state index contributed by atoms with van der Waals surface area (Å²) in [7, 11) is 0. The molecular weight excluding hydrogens is 428 g/mol. The van der Waals surface area contributed by atoms with Crippen LogP contribution in [0.5, 0.6) is 11.5 Å². The molecule has 1 fully saturated rings. The van der Waals surface area contributed by atoms with Gasteiger partial charge in [-0.15, -0.1) is 0 Å². The Morgan fingerprint density at radius 3 is 2.56 bits per heavy atom. The number of alkyl halides is 3. The number of piperidine rings is 1. The first-order chi connectivity index (χ1) is 15.1. The van der Waals surface area contributed by atoms with Gasteiger partial charge in [-0.05, 0) is 25.8 Å². The molecule has 0 radical (unpaired) electrons. The number of nitriles is 2. The van der Waals surface area contributed by atoms with Gasteiger partial charge in [0.15, 0.2) is 5.75 Å². The van der Waals surface area contributed by atoms with Gasteiger partial charge < -0.3 is 15.0 Å². The second-order valence-corrected chi connectivity index (χ2v) is 7.74. The average Bonchev–Trinajstić information content (AvgIpc) is 2.85. The summed E-state index contributed by atoms with van der Waals surface area (Å²) in [6, 6.07) is 10.1. The molecule has 1 unspecified atom stereocenters. The van der Waals surface area contributed by atoms with Gasteiger partial charge in [0, 0.05) is 18.2 Å². The van der Waals surface area contributed by atoms with Gasteiger partial charge in [-0.25, -0.2) is 4.39 Å². The van der Waals surface area contributed by atoms with Crippen molar-refractivity contribution < 1.29 is 27.1 Å².